The summed E-state index contributed by atoms with van der Waals surface area (Å²) in [6.45, 7) is 6.97. The molecule has 0 aliphatic heterocycles. The van der Waals surface area contributed by atoms with Gasteiger partial charge in [0.05, 0.1) is 17.9 Å². The van der Waals surface area contributed by atoms with Crippen molar-refractivity contribution in [1.29, 1.82) is 0 Å². The Bertz CT molecular complexity index is 86.2. The lowest BCUT2D eigenvalue weighted by Gasteiger charge is -2.06. The molecule has 0 aliphatic rings. The molecule has 0 aliphatic carbocycles. The molecule has 3 heteroatoms. The van der Waals surface area contributed by atoms with E-state index in [0.717, 1.165) is 11.2 Å². The number of hydrogen-bond donors (Lipinski definition) is 1. The van der Waals surface area contributed by atoms with Gasteiger partial charge in [-0.25, -0.2) is 0 Å². The van der Waals surface area contributed by atoms with Crippen LogP contribution in [0.5, 0.6) is 0 Å². The Labute approximate surface area is 86.6 Å². The minimum absolute atomic E-state index is 0.620. The van der Waals surface area contributed by atoms with Gasteiger partial charge in [-0.1, -0.05) is 45.7 Å². The summed E-state index contributed by atoms with van der Waals surface area (Å²) in [5.74, 6) is 0.837. The molecule has 0 spiro atoms. The molecule has 0 radical (unpaired) electrons. The lowest BCUT2D eigenvalue weighted by molar-refractivity contribution is -0.654. The van der Waals surface area contributed by atoms with Crippen molar-refractivity contribution >= 4 is 31.9 Å². The van der Waals surface area contributed by atoms with Gasteiger partial charge in [0, 0.05) is 5.33 Å². The van der Waals surface area contributed by atoms with Gasteiger partial charge in [0.25, 0.3) is 0 Å². The minimum atomic E-state index is 0.620. The molecular formula is C8H18Br2N+. The minimum Gasteiger partial charge on any atom is -0.345 e. The first-order valence-corrected chi connectivity index (χ1v) is 6.22. The van der Waals surface area contributed by atoms with Gasteiger partial charge in [-0.3, -0.25) is 0 Å². The van der Waals surface area contributed by atoms with Crippen molar-refractivity contribution in [1.82, 2.24) is 0 Å². The third-order valence-corrected chi connectivity index (χ3v) is 3.89. The van der Waals surface area contributed by atoms with E-state index in [-0.39, 0.29) is 0 Å². The maximum Gasteiger partial charge on any atom is 0.0890 e. The van der Waals surface area contributed by atoms with Crippen LogP contribution in [0.4, 0.5) is 0 Å². The fraction of sp³-hybridized carbons (Fsp3) is 1.00. The number of rotatable bonds is 6. The van der Waals surface area contributed by atoms with Crippen LogP contribution in [-0.2, 0) is 0 Å². The smallest absolute Gasteiger partial charge is 0.0890 e. The standard InChI is InChI=1S/C8H17Br2N/c1-7(2)3-4-11-6-8(10)5-9/h7-8,11H,3-6H2,1-2H3/p+1/t8-/m1/s1. The zero-order valence-electron chi connectivity index (χ0n) is 7.32. The van der Waals surface area contributed by atoms with Crippen molar-refractivity contribution in [3.8, 4) is 0 Å². The van der Waals surface area contributed by atoms with Crippen LogP contribution in [0.2, 0.25) is 0 Å². The largest absolute Gasteiger partial charge is 0.345 e. The molecule has 0 fully saturated rings. The Kier molecular flexibility index (Phi) is 8.20. The molecular weight excluding hydrogens is 270 g/mol. The quantitative estimate of drug-likeness (QED) is 0.566. The van der Waals surface area contributed by atoms with Gasteiger partial charge in [-0.15, -0.1) is 0 Å². The summed E-state index contributed by atoms with van der Waals surface area (Å²) in [6.07, 6.45) is 1.32. The Morgan fingerprint density at radius 1 is 1.36 bits per heavy atom. The molecule has 0 saturated carbocycles. The van der Waals surface area contributed by atoms with E-state index in [9.17, 15) is 0 Å². The molecule has 0 heterocycles. The van der Waals surface area contributed by atoms with E-state index in [4.69, 9.17) is 0 Å². The topological polar surface area (TPSA) is 16.6 Å². The van der Waals surface area contributed by atoms with Gasteiger partial charge in [-0.2, -0.15) is 0 Å². The predicted octanol–water partition coefficient (Wildman–Crippen LogP) is 1.75. The van der Waals surface area contributed by atoms with E-state index < -0.39 is 0 Å². The van der Waals surface area contributed by atoms with Crippen LogP contribution < -0.4 is 5.32 Å². The molecule has 0 saturated heterocycles. The average molecular weight is 288 g/mol. The van der Waals surface area contributed by atoms with Gasteiger partial charge in [0.2, 0.25) is 0 Å². The summed E-state index contributed by atoms with van der Waals surface area (Å²) in [5, 5.41) is 3.42. The van der Waals surface area contributed by atoms with Gasteiger partial charge in [0.15, 0.2) is 0 Å². The van der Waals surface area contributed by atoms with E-state index in [1.807, 2.05) is 0 Å². The fourth-order valence-corrected chi connectivity index (χ4v) is 1.34. The second-order valence-corrected chi connectivity index (χ2v) is 5.19. The Balaban J connectivity index is 3.01. The molecule has 0 aromatic rings. The van der Waals surface area contributed by atoms with Crippen molar-refractivity contribution in [3.05, 3.63) is 0 Å². The van der Waals surface area contributed by atoms with Crippen molar-refractivity contribution in [2.75, 3.05) is 18.4 Å². The van der Waals surface area contributed by atoms with Gasteiger partial charge in [0.1, 0.15) is 0 Å². The lowest BCUT2D eigenvalue weighted by Crippen LogP contribution is -2.86. The molecule has 0 aromatic carbocycles. The molecule has 0 amide bonds. The fourth-order valence-electron chi connectivity index (χ4n) is 0.813. The van der Waals surface area contributed by atoms with Crippen molar-refractivity contribution in [2.45, 2.75) is 25.1 Å². The van der Waals surface area contributed by atoms with Crippen LogP contribution in [0.25, 0.3) is 0 Å². The van der Waals surface area contributed by atoms with E-state index in [1.165, 1.54) is 19.5 Å². The van der Waals surface area contributed by atoms with Gasteiger partial charge in [-0.05, 0) is 12.3 Å². The number of alkyl halides is 2. The maximum absolute atomic E-state index is 3.57. The van der Waals surface area contributed by atoms with E-state index in [1.54, 1.807) is 0 Å². The third kappa shape index (κ3) is 8.83. The highest BCUT2D eigenvalue weighted by molar-refractivity contribution is 9.12. The monoisotopic (exact) mass is 286 g/mol. The number of quaternary nitrogens is 1. The van der Waals surface area contributed by atoms with E-state index in [0.29, 0.717) is 4.83 Å². The Hall–Kier alpha value is 0.920. The second kappa shape index (κ2) is 7.56. The molecule has 1 nitrogen and oxygen atoms in total. The number of halogens is 2. The zero-order chi connectivity index (χ0) is 8.69. The van der Waals surface area contributed by atoms with Crippen molar-refractivity contribution in [3.63, 3.8) is 0 Å². The normalized spacial score (nSPS) is 13.9. The van der Waals surface area contributed by atoms with Crippen molar-refractivity contribution in [2.24, 2.45) is 5.92 Å². The van der Waals surface area contributed by atoms with Crippen LogP contribution in [-0.4, -0.2) is 23.2 Å². The summed E-state index contributed by atoms with van der Waals surface area (Å²) in [6, 6.07) is 0. The molecule has 0 bridgehead atoms. The Morgan fingerprint density at radius 2 is 2.00 bits per heavy atom. The van der Waals surface area contributed by atoms with Gasteiger partial charge < -0.3 is 5.32 Å². The van der Waals surface area contributed by atoms with Gasteiger partial charge >= 0.3 is 0 Å². The summed E-state index contributed by atoms with van der Waals surface area (Å²) in [4.78, 5) is 0.620. The third-order valence-electron chi connectivity index (χ3n) is 1.54. The Morgan fingerprint density at radius 3 is 2.45 bits per heavy atom. The van der Waals surface area contributed by atoms with Crippen LogP contribution in [0.3, 0.4) is 0 Å². The zero-order valence-corrected chi connectivity index (χ0v) is 10.5. The van der Waals surface area contributed by atoms with E-state index in [2.05, 4.69) is 51.0 Å². The summed E-state index contributed by atoms with van der Waals surface area (Å²) >= 11 is 6.99. The first-order valence-electron chi connectivity index (χ1n) is 4.18. The van der Waals surface area contributed by atoms with Crippen LogP contribution in [0.15, 0.2) is 0 Å². The first kappa shape index (κ1) is 11.9. The molecule has 11 heavy (non-hydrogen) atoms. The summed E-state index contributed by atoms with van der Waals surface area (Å²) < 4.78 is 0. The summed E-state index contributed by atoms with van der Waals surface area (Å²) in [5.41, 5.74) is 0. The molecule has 2 N–H and O–H groups in total. The molecule has 1 atom stereocenters. The highest BCUT2D eigenvalue weighted by Crippen LogP contribution is 1.99. The molecule has 68 valence electrons. The first-order chi connectivity index (χ1) is 5.16. The number of nitrogens with two attached hydrogens (primary N) is 1. The highest BCUT2D eigenvalue weighted by atomic mass is 79.9. The molecule has 0 rings (SSSR count). The maximum atomic E-state index is 3.57. The number of hydrogen-bond acceptors (Lipinski definition) is 0. The molecule has 0 unspecified atom stereocenters. The SMILES string of the molecule is CC(C)CC[NH2+]C[C@H](Br)CBr. The predicted molar refractivity (Wildman–Crippen MR) is 57.6 cm³/mol. The average Bonchev–Trinajstić information content (AvgIpc) is 1.97. The molecule has 0 aromatic heterocycles. The lowest BCUT2D eigenvalue weighted by atomic mass is 10.1. The highest BCUT2D eigenvalue weighted by Gasteiger charge is 2.03. The van der Waals surface area contributed by atoms with Crippen LogP contribution in [0, 0.1) is 5.92 Å². The van der Waals surface area contributed by atoms with Crippen LogP contribution in [0.1, 0.15) is 20.3 Å². The van der Waals surface area contributed by atoms with Crippen molar-refractivity contribution < 1.29 is 5.32 Å². The summed E-state index contributed by atoms with van der Waals surface area (Å²) in [7, 11) is 0. The van der Waals surface area contributed by atoms with E-state index >= 15 is 0 Å². The second-order valence-electron chi connectivity index (χ2n) is 3.25. The van der Waals surface area contributed by atoms with Crippen LogP contribution >= 0.6 is 31.9 Å².